The Morgan fingerprint density at radius 3 is 2.70 bits per heavy atom. The number of nitrogens with zero attached hydrogens (tertiary/aromatic N) is 1. The Bertz CT molecular complexity index is 554. The Balaban J connectivity index is 2.38. The summed E-state index contributed by atoms with van der Waals surface area (Å²) in [6.07, 6.45) is 1.85. The first-order valence-electron chi connectivity index (χ1n) is 7.03. The molecule has 0 aliphatic carbocycles. The maximum absolute atomic E-state index is 6.17. The van der Waals surface area contributed by atoms with Crippen LogP contribution in [0.3, 0.4) is 0 Å². The first-order chi connectivity index (χ1) is 9.63. The van der Waals surface area contributed by atoms with Gasteiger partial charge in [0.15, 0.2) is 0 Å². The third-order valence-corrected chi connectivity index (χ3v) is 3.89. The Hall–Kier alpha value is -1.38. The number of aryl methyl sites for hydroxylation is 1. The lowest BCUT2D eigenvalue weighted by Gasteiger charge is -2.26. The van der Waals surface area contributed by atoms with Gasteiger partial charge in [0, 0.05) is 28.9 Å². The number of likely N-dealkylation sites (N-methyl/N-ethyl adjacent to an activating group) is 1. The number of pyridine rings is 1. The molecule has 0 saturated carbocycles. The predicted molar refractivity (Wildman–Crippen MR) is 85.3 cm³/mol. The van der Waals surface area contributed by atoms with Crippen molar-refractivity contribution in [1.29, 1.82) is 0 Å². The third-order valence-electron chi connectivity index (χ3n) is 3.65. The van der Waals surface area contributed by atoms with Gasteiger partial charge in [0.05, 0.1) is 0 Å². The molecule has 1 N–H and O–H groups in total. The van der Waals surface area contributed by atoms with E-state index in [1.807, 2.05) is 24.4 Å². The SMILES string of the molecule is CCNC(c1cc(Cl)ccc1C)C(C)c1ccccn1. The van der Waals surface area contributed by atoms with Crippen molar-refractivity contribution in [2.75, 3.05) is 6.54 Å². The molecule has 1 aromatic carbocycles. The Labute approximate surface area is 126 Å². The molecule has 2 nitrogen and oxygen atoms in total. The van der Waals surface area contributed by atoms with Crippen LogP contribution >= 0.6 is 11.6 Å². The van der Waals surface area contributed by atoms with Crippen LogP contribution in [0.1, 0.15) is 42.6 Å². The molecule has 2 rings (SSSR count). The quantitative estimate of drug-likeness (QED) is 0.876. The second kappa shape index (κ2) is 6.87. The molecule has 20 heavy (non-hydrogen) atoms. The van der Waals surface area contributed by atoms with E-state index in [0.29, 0.717) is 0 Å². The van der Waals surface area contributed by atoms with E-state index in [-0.39, 0.29) is 12.0 Å². The van der Waals surface area contributed by atoms with Gasteiger partial charge >= 0.3 is 0 Å². The van der Waals surface area contributed by atoms with Crippen LogP contribution in [-0.4, -0.2) is 11.5 Å². The molecule has 2 atom stereocenters. The van der Waals surface area contributed by atoms with Crippen molar-refractivity contribution < 1.29 is 0 Å². The zero-order valence-corrected chi connectivity index (χ0v) is 13.0. The van der Waals surface area contributed by atoms with Crippen molar-refractivity contribution in [3.8, 4) is 0 Å². The fraction of sp³-hybridized carbons (Fsp3) is 0.353. The van der Waals surface area contributed by atoms with Crippen LogP contribution in [-0.2, 0) is 0 Å². The van der Waals surface area contributed by atoms with Gasteiger partial charge < -0.3 is 5.32 Å². The molecule has 2 unspecified atom stereocenters. The third kappa shape index (κ3) is 3.38. The van der Waals surface area contributed by atoms with Gasteiger partial charge in [-0.25, -0.2) is 0 Å². The smallest absolute Gasteiger partial charge is 0.0450 e. The average molecular weight is 289 g/mol. The van der Waals surface area contributed by atoms with E-state index in [2.05, 4.69) is 49.3 Å². The highest BCUT2D eigenvalue weighted by Gasteiger charge is 2.22. The Morgan fingerprint density at radius 1 is 1.25 bits per heavy atom. The molecule has 0 amide bonds. The number of aromatic nitrogens is 1. The number of hydrogen-bond acceptors (Lipinski definition) is 2. The summed E-state index contributed by atoms with van der Waals surface area (Å²) in [5.41, 5.74) is 3.60. The summed E-state index contributed by atoms with van der Waals surface area (Å²) in [6.45, 7) is 7.36. The Kier molecular flexibility index (Phi) is 5.16. The van der Waals surface area contributed by atoms with E-state index in [1.165, 1.54) is 11.1 Å². The van der Waals surface area contributed by atoms with Crippen LogP contribution in [0, 0.1) is 6.92 Å². The lowest BCUT2D eigenvalue weighted by atomic mass is 9.89. The fourth-order valence-corrected chi connectivity index (χ4v) is 2.72. The summed E-state index contributed by atoms with van der Waals surface area (Å²) in [5, 5.41) is 4.35. The monoisotopic (exact) mass is 288 g/mol. The predicted octanol–water partition coefficient (Wildman–Crippen LogP) is 4.50. The molecule has 2 aromatic rings. The first-order valence-corrected chi connectivity index (χ1v) is 7.41. The molecule has 0 aliphatic rings. The van der Waals surface area contributed by atoms with Gasteiger partial charge in [-0.2, -0.15) is 0 Å². The van der Waals surface area contributed by atoms with Crippen molar-refractivity contribution in [2.45, 2.75) is 32.7 Å². The van der Waals surface area contributed by atoms with Gasteiger partial charge in [-0.1, -0.05) is 37.6 Å². The molecule has 0 radical (unpaired) electrons. The molecule has 1 heterocycles. The van der Waals surface area contributed by atoms with E-state index < -0.39 is 0 Å². The molecular formula is C17H21ClN2. The van der Waals surface area contributed by atoms with E-state index >= 15 is 0 Å². The highest BCUT2D eigenvalue weighted by atomic mass is 35.5. The van der Waals surface area contributed by atoms with Crippen molar-refractivity contribution in [3.05, 3.63) is 64.4 Å². The lowest BCUT2D eigenvalue weighted by molar-refractivity contribution is 0.470. The topological polar surface area (TPSA) is 24.9 Å². The molecule has 0 bridgehead atoms. The second-order valence-electron chi connectivity index (χ2n) is 5.08. The molecule has 0 saturated heterocycles. The largest absolute Gasteiger partial charge is 0.310 e. The summed E-state index contributed by atoms with van der Waals surface area (Å²) >= 11 is 6.17. The summed E-state index contributed by atoms with van der Waals surface area (Å²) in [4.78, 5) is 4.49. The molecule has 0 fully saturated rings. The van der Waals surface area contributed by atoms with Crippen LogP contribution in [0.15, 0.2) is 42.6 Å². The fourth-order valence-electron chi connectivity index (χ4n) is 2.54. The lowest BCUT2D eigenvalue weighted by Crippen LogP contribution is -2.27. The van der Waals surface area contributed by atoms with Crippen LogP contribution < -0.4 is 5.32 Å². The van der Waals surface area contributed by atoms with Crippen molar-refractivity contribution >= 4 is 11.6 Å². The van der Waals surface area contributed by atoms with Crippen LogP contribution in [0.4, 0.5) is 0 Å². The minimum absolute atomic E-state index is 0.216. The molecule has 1 aromatic heterocycles. The van der Waals surface area contributed by atoms with E-state index in [1.54, 1.807) is 0 Å². The van der Waals surface area contributed by atoms with Gasteiger partial charge in [-0.05, 0) is 48.9 Å². The van der Waals surface area contributed by atoms with Crippen molar-refractivity contribution in [3.63, 3.8) is 0 Å². The summed E-state index contributed by atoms with van der Waals surface area (Å²) in [6, 6.07) is 12.4. The Morgan fingerprint density at radius 2 is 2.05 bits per heavy atom. The molecular weight excluding hydrogens is 268 g/mol. The molecule has 0 spiro atoms. The maximum atomic E-state index is 6.17. The normalized spacial score (nSPS) is 14.0. The van der Waals surface area contributed by atoms with Crippen molar-refractivity contribution in [2.24, 2.45) is 0 Å². The second-order valence-corrected chi connectivity index (χ2v) is 5.52. The van der Waals surface area contributed by atoms with Gasteiger partial charge in [0.1, 0.15) is 0 Å². The summed E-state index contributed by atoms with van der Waals surface area (Å²) < 4.78 is 0. The maximum Gasteiger partial charge on any atom is 0.0450 e. The molecule has 0 aliphatic heterocycles. The number of rotatable bonds is 5. The van der Waals surface area contributed by atoms with E-state index in [4.69, 9.17) is 11.6 Å². The zero-order chi connectivity index (χ0) is 14.5. The minimum Gasteiger partial charge on any atom is -0.310 e. The minimum atomic E-state index is 0.216. The van der Waals surface area contributed by atoms with Gasteiger partial charge in [0.2, 0.25) is 0 Å². The summed E-state index contributed by atoms with van der Waals surface area (Å²) in [5.74, 6) is 0.285. The van der Waals surface area contributed by atoms with Crippen LogP contribution in [0.5, 0.6) is 0 Å². The van der Waals surface area contributed by atoms with E-state index in [9.17, 15) is 0 Å². The standard InChI is InChI=1S/C17H21ClN2/c1-4-19-17(13(3)16-7-5-6-10-20-16)15-11-14(18)9-8-12(15)2/h5-11,13,17,19H,4H2,1-3H3. The number of benzene rings is 1. The van der Waals surface area contributed by atoms with Crippen LogP contribution in [0.25, 0.3) is 0 Å². The molecule has 106 valence electrons. The van der Waals surface area contributed by atoms with Gasteiger partial charge in [-0.15, -0.1) is 0 Å². The van der Waals surface area contributed by atoms with E-state index in [0.717, 1.165) is 17.3 Å². The number of halogens is 1. The molecule has 3 heteroatoms. The van der Waals surface area contributed by atoms with Crippen molar-refractivity contribution in [1.82, 2.24) is 10.3 Å². The number of hydrogen-bond donors (Lipinski definition) is 1. The zero-order valence-electron chi connectivity index (χ0n) is 12.2. The van der Waals surface area contributed by atoms with Gasteiger partial charge in [0.25, 0.3) is 0 Å². The first kappa shape index (κ1) is 15.0. The highest BCUT2D eigenvalue weighted by Crippen LogP contribution is 2.32. The summed E-state index contributed by atoms with van der Waals surface area (Å²) in [7, 11) is 0. The highest BCUT2D eigenvalue weighted by molar-refractivity contribution is 6.30. The number of nitrogens with one attached hydrogen (secondary N) is 1. The van der Waals surface area contributed by atoms with Crippen LogP contribution in [0.2, 0.25) is 5.02 Å². The van der Waals surface area contributed by atoms with Gasteiger partial charge in [-0.3, -0.25) is 4.98 Å². The average Bonchev–Trinajstić information content (AvgIpc) is 2.48.